The third-order valence-electron chi connectivity index (χ3n) is 13.6. The second kappa shape index (κ2) is 15.0. The van der Waals surface area contributed by atoms with Crippen molar-refractivity contribution in [1.29, 1.82) is 0 Å². The van der Waals surface area contributed by atoms with Gasteiger partial charge in [0, 0.05) is 60.4 Å². The van der Waals surface area contributed by atoms with E-state index in [1.165, 1.54) is 4.57 Å². The van der Waals surface area contributed by atoms with Crippen LogP contribution in [0.5, 0.6) is 0 Å². The van der Waals surface area contributed by atoms with Gasteiger partial charge in [-0.3, -0.25) is 9.13 Å². The van der Waals surface area contributed by atoms with Crippen LogP contribution in [0.1, 0.15) is 16.4 Å². The van der Waals surface area contributed by atoms with Gasteiger partial charge in [-0.05, 0) is 77.8 Å². The molecule has 0 radical (unpaired) electrons. The van der Waals surface area contributed by atoms with Crippen LogP contribution in [0.15, 0.2) is 242 Å². The van der Waals surface area contributed by atoms with E-state index in [1.807, 2.05) is 78.9 Å². The average Bonchev–Trinajstić information content (AvgIpc) is 2.06. The molecule has 0 bridgehead atoms. The molecule has 0 fully saturated rings. The molecule has 326 valence electrons. The Morgan fingerprint density at radius 1 is 0.329 bits per heavy atom. The Morgan fingerprint density at radius 2 is 0.771 bits per heavy atom. The van der Waals surface area contributed by atoms with Crippen molar-refractivity contribution in [1.82, 2.24) is 28.2 Å². The molecule has 0 unspecified atom stereocenters. The van der Waals surface area contributed by atoms with E-state index in [-0.39, 0.29) is 62.3 Å². The van der Waals surface area contributed by atoms with E-state index in [0.29, 0.717) is 27.7 Å². The van der Waals surface area contributed by atoms with Gasteiger partial charge in [-0.2, -0.15) is 4.98 Å². The maximum Gasteiger partial charge on any atom is 0.237 e. The van der Waals surface area contributed by atoms with E-state index in [4.69, 9.17) is 18.2 Å². The number of hydrogen-bond acceptors (Lipinski definition) is 2. The highest BCUT2D eigenvalue weighted by molar-refractivity contribution is 6.13. The van der Waals surface area contributed by atoms with Crippen LogP contribution in [-0.4, -0.2) is 28.2 Å². The lowest BCUT2D eigenvalue weighted by molar-refractivity contribution is 0.951. The van der Waals surface area contributed by atoms with Gasteiger partial charge in [-0.25, -0.2) is 4.98 Å². The lowest BCUT2D eigenvalue weighted by Crippen LogP contribution is -2.09. The number of nitrogens with zero attached hydrogens (tertiary/aromatic N) is 6. The van der Waals surface area contributed by atoms with Gasteiger partial charge in [0.1, 0.15) is 5.82 Å². The van der Waals surface area contributed by atoms with E-state index in [9.17, 15) is 8.22 Å². The van der Waals surface area contributed by atoms with Crippen molar-refractivity contribution in [3.8, 4) is 45.5 Å². The van der Waals surface area contributed by atoms with Gasteiger partial charge in [0.05, 0.1) is 72.0 Å². The van der Waals surface area contributed by atoms with Crippen LogP contribution >= 0.6 is 0 Å². The van der Waals surface area contributed by atoms with E-state index in [1.54, 1.807) is 34.9 Å². The molecule has 0 aliphatic heterocycles. The second-order valence-electron chi connectivity index (χ2n) is 17.3. The summed E-state index contributed by atoms with van der Waals surface area (Å²) in [6.45, 7) is 0. The van der Waals surface area contributed by atoms with Crippen LogP contribution in [0.3, 0.4) is 0 Å². The Kier molecular flexibility index (Phi) is 6.13. The summed E-state index contributed by atoms with van der Waals surface area (Å²) in [7, 11) is 0. The third-order valence-corrected chi connectivity index (χ3v) is 13.6. The maximum atomic E-state index is 9.55. The maximum absolute atomic E-state index is 9.55. The van der Waals surface area contributed by atoms with E-state index in [2.05, 4.69) is 69.8 Å². The van der Waals surface area contributed by atoms with Gasteiger partial charge in [-0.1, -0.05) is 170 Å². The summed E-state index contributed by atoms with van der Waals surface area (Å²) in [5.74, 6) is -0.175. The van der Waals surface area contributed by atoms with Crippen LogP contribution in [0.2, 0.25) is 0 Å². The summed E-state index contributed by atoms with van der Waals surface area (Å²) >= 11 is 0. The number of para-hydroxylation sites is 8. The number of hydrogen-bond donors (Lipinski definition) is 0. The van der Waals surface area contributed by atoms with Crippen molar-refractivity contribution >= 4 is 87.2 Å². The first-order valence-electron chi connectivity index (χ1n) is 28.9. The molecule has 0 aliphatic rings. The SMILES string of the molecule is [2H]c1c([2H])c([2H])c2c(c1[2H])c1ccccc1n2-c1cc(-c2c(-c3cccc(-n4c5ccccc5c5ccccc54)c3)cccc2-n2c3ccccc3c3ccccc32)nc(-n2c3c([2H])c([2H])c([2H])c([2H])c3c3c([2H])c([2H])c([2H])c([2H])c32)n1. The lowest BCUT2D eigenvalue weighted by Gasteiger charge is -2.20. The average molecular weight is 905 g/mol. The van der Waals surface area contributed by atoms with E-state index < -0.39 is 60.4 Å². The summed E-state index contributed by atoms with van der Waals surface area (Å²) in [5.41, 5.74) is 7.78. The zero-order valence-electron chi connectivity index (χ0n) is 48.8. The summed E-state index contributed by atoms with van der Waals surface area (Å²) in [6.07, 6.45) is 0. The molecule has 10 aromatic carbocycles. The Labute approximate surface area is 418 Å². The monoisotopic (exact) mass is 904 g/mol. The molecule has 70 heavy (non-hydrogen) atoms. The van der Waals surface area contributed by atoms with Crippen molar-refractivity contribution in [3.63, 3.8) is 0 Å². The van der Waals surface area contributed by atoms with Crippen molar-refractivity contribution in [2.75, 3.05) is 0 Å². The summed E-state index contributed by atoms with van der Waals surface area (Å²) < 4.78 is 117. The quantitative estimate of drug-likeness (QED) is 0.167. The Balaban J connectivity index is 1.14. The predicted molar refractivity (Wildman–Crippen MR) is 290 cm³/mol. The van der Waals surface area contributed by atoms with Crippen molar-refractivity contribution in [2.24, 2.45) is 0 Å². The molecule has 5 aromatic heterocycles. The molecular weight excluding hydrogens is 853 g/mol. The first-order valence-corrected chi connectivity index (χ1v) is 22.9. The van der Waals surface area contributed by atoms with Gasteiger partial charge in [0.25, 0.3) is 0 Å². The molecule has 6 nitrogen and oxygen atoms in total. The van der Waals surface area contributed by atoms with Crippen molar-refractivity contribution in [3.05, 3.63) is 242 Å². The van der Waals surface area contributed by atoms with Crippen LogP contribution in [-0.2, 0) is 0 Å². The smallest absolute Gasteiger partial charge is 0.237 e. The van der Waals surface area contributed by atoms with Crippen LogP contribution in [0.25, 0.3) is 133 Å². The molecule has 0 spiro atoms. The number of rotatable bonds is 6. The lowest BCUT2D eigenvalue weighted by atomic mass is 9.95. The fourth-order valence-electron chi connectivity index (χ4n) is 10.7. The first kappa shape index (κ1) is 28.6. The highest BCUT2D eigenvalue weighted by atomic mass is 15.2. The van der Waals surface area contributed by atoms with Crippen molar-refractivity contribution < 1.29 is 16.4 Å². The van der Waals surface area contributed by atoms with Crippen molar-refractivity contribution in [2.45, 2.75) is 0 Å². The molecule has 0 saturated carbocycles. The Hall–Kier alpha value is -9.52. The highest BCUT2D eigenvalue weighted by Gasteiger charge is 2.25. The minimum atomic E-state index is -0.617. The van der Waals surface area contributed by atoms with Crippen LogP contribution < -0.4 is 0 Å². The Bertz CT molecular complexity index is 5160. The standard InChI is InChI=1S/C64H40N6/c1-9-30-53-44(21-1)45-22-2-10-31-54(45)67(53)42-20-17-19-41(39-42)43-29-18-38-61(68-55-32-11-3-23-46(55)47-24-4-12-33-56(47)68)63(43)52-40-62(69-57-34-13-5-25-48(57)49-26-6-14-35-58(49)69)66-64(65-52)70-59-36-15-7-27-50(59)51-28-8-16-37-60(51)70/h1-40H/i5D,7D,8D,13D,15D,16D,25D,27D,28D,34D,36D,37D. The second-order valence-corrected chi connectivity index (χ2v) is 17.3. The summed E-state index contributed by atoms with van der Waals surface area (Å²) in [6, 6.07) is 49.7. The molecular formula is C64H40N6. The van der Waals surface area contributed by atoms with Crippen LogP contribution in [0.4, 0.5) is 0 Å². The fourth-order valence-corrected chi connectivity index (χ4v) is 10.7. The fraction of sp³-hybridized carbons (Fsp3) is 0. The van der Waals surface area contributed by atoms with E-state index >= 15 is 0 Å². The largest absolute Gasteiger partial charge is 0.309 e. The summed E-state index contributed by atoms with van der Waals surface area (Å²) in [4.78, 5) is 10.7. The minimum Gasteiger partial charge on any atom is -0.309 e. The zero-order chi connectivity index (χ0) is 56.3. The molecule has 15 rings (SSSR count). The predicted octanol–water partition coefficient (Wildman–Crippen LogP) is 16.2. The normalized spacial score (nSPS) is 14.4. The number of benzene rings is 10. The minimum absolute atomic E-state index is 0.0786. The van der Waals surface area contributed by atoms with Crippen LogP contribution in [0, 0.1) is 0 Å². The van der Waals surface area contributed by atoms with Gasteiger partial charge in [0.2, 0.25) is 5.95 Å². The molecule has 0 N–H and O–H groups in total. The topological polar surface area (TPSA) is 45.5 Å². The molecule has 0 amide bonds. The summed E-state index contributed by atoms with van der Waals surface area (Å²) in [5, 5.41) is 4.56. The molecule has 0 aliphatic carbocycles. The third kappa shape index (κ3) is 5.56. The Morgan fingerprint density at radius 3 is 1.33 bits per heavy atom. The van der Waals surface area contributed by atoms with E-state index in [0.717, 1.165) is 54.9 Å². The molecule has 6 heteroatoms. The van der Waals surface area contributed by atoms with Gasteiger partial charge < -0.3 is 9.13 Å². The first-order chi connectivity index (χ1) is 39.7. The molecule has 0 saturated heterocycles. The molecule has 15 aromatic rings. The van der Waals surface area contributed by atoms with Gasteiger partial charge >= 0.3 is 0 Å². The van der Waals surface area contributed by atoms with Gasteiger partial charge in [0.15, 0.2) is 0 Å². The number of fused-ring (bicyclic) bond motifs is 12. The highest BCUT2D eigenvalue weighted by Crippen LogP contribution is 2.44. The zero-order valence-corrected chi connectivity index (χ0v) is 36.8. The molecule has 5 heterocycles. The van der Waals surface area contributed by atoms with Gasteiger partial charge in [-0.15, -0.1) is 0 Å². The number of aromatic nitrogens is 6. The molecule has 0 atom stereocenters.